The zero-order valence-corrected chi connectivity index (χ0v) is 17.0. The predicted octanol–water partition coefficient (Wildman–Crippen LogP) is 4.84. The summed E-state index contributed by atoms with van der Waals surface area (Å²) in [6.45, 7) is 1.64. The Kier molecular flexibility index (Phi) is 6.66. The number of rotatable bonds is 7. The molecule has 3 rings (SSSR count). The molecule has 0 spiro atoms. The Morgan fingerprint density at radius 2 is 1.87 bits per heavy atom. The number of thioether (sulfide) groups is 1. The summed E-state index contributed by atoms with van der Waals surface area (Å²) in [5, 5.41) is 3.83. The minimum atomic E-state index is -4.81. The number of aryl methyl sites for hydroxylation is 1. The first kappa shape index (κ1) is 21.7. The van der Waals surface area contributed by atoms with Crippen molar-refractivity contribution >= 4 is 17.7 Å². The quantitative estimate of drug-likeness (QED) is 0.493. The number of hydrogen-bond donors (Lipinski definition) is 0. The van der Waals surface area contributed by atoms with E-state index in [2.05, 4.69) is 14.9 Å². The maximum Gasteiger partial charge on any atom is 0.573 e. The Bertz CT molecular complexity index is 1020. The van der Waals surface area contributed by atoms with Crippen LogP contribution in [0.3, 0.4) is 0 Å². The lowest BCUT2D eigenvalue weighted by Crippen LogP contribution is -2.27. The van der Waals surface area contributed by atoms with Crippen LogP contribution >= 0.6 is 11.8 Å². The number of amides is 1. The third-order valence-corrected chi connectivity index (χ3v) is 5.07. The van der Waals surface area contributed by atoms with Gasteiger partial charge in [0, 0.05) is 31.0 Å². The topological polar surface area (TPSA) is 68.5 Å². The van der Waals surface area contributed by atoms with E-state index in [-0.39, 0.29) is 23.8 Å². The number of carbonyl (C=O) groups excluding carboxylic acids is 1. The molecule has 0 aliphatic carbocycles. The molecule has 0 bridgehead atoms. The summed E-state index contributed by atoms with van der Waals surface area (Å²) in [5.41, 5.74) is 0.678. The second-order valence-electron chi connectivity index (χ2n) is 6.33. The van der Waals surface area contributed by atoms with Crippen LogP contribution in [-0.2, 0) is 12.3 Å². The lowest BCUT2D eigenvalue weighted by Gasteiger charge is -2.21. The van der Waals surface area contributed by atoms with E-state index in [0.29, 0.717) is 27.9 Å². The zero-order valence-electron chi connectivity index (χ0n) is 16.1. The van der Waals surface area contributed by atoms with Crippen molar-refractivity contribution in [1.29, 1.82) is 0 Å². The van der Waals surface area contributed by atoms with Gasteiger partial charge in [0.15, 0.2) is 5.82 Å². The van der Waals surface area contributed by atoms with E-state index in [1.54, 1.807) is 37.3 Å². The van der Waals surface area contributed by atoms with Crippen LogP contribution in [0.4, 0.5) is 13.2 Å². The average molecular weight is 437 g/mol. The number of para-hydroxylation sites is 1. The second kappa shape index (κ2) is 9.21. The smallest absolute Gasteiger partial charge is 0.405 e. The van der Waals surface area contributed by atoms with E-state index in [0.717, 1.165) is 0 Å². The number of ether oxygens (including phenoxy) is 1. The van der Waals surface area contributed by atoms with Crippen LogP contribution in [0.5, 0.6) is 5.75 Å². The molecule has 1 heterocycles. The van der Waals surface area contributed by atoms with Gasteiger partial charge in [0.2, 0.25) is 5.89 Å². The fourth-order valence-electron chi connectivity index (χ4n) is 2.70. The predicted molar refractivity (Wildman–Crippen MR) is 104 cm³/mol. The molecule has 30 heavy (non-hydrogen) atoms. The standard InChI is InChI=1S/C20H18F3N3O3S/c1-13-24-18(25-29-13)12-30-17-10-6-4-8-15(17)19(27)26(2)11-14-7-3-5-9-16(14)28-20(21,22)23/h3-10H,11-12H2,1-2H3. The van der Waals surface area contributed by atoms with Crippen molar-refractivity contribution in [3.8, 4) is 5.75 Å². The van der Waals surface area contributed by atoms with Crippen LogP contribution in [0.1, 0.15) is 27.6 Å². The first-order valence-electron chi connectivity index (χ1n) is 8.83. The molecule has 3 aromatic rings. The second-order valence-corrected chi connectivity index (χ2v) is 7.35. The maximum atomic E-state index is 13.0. The average Bonchev–Trinajstić information content (AvgIpc) is 3.11. The fraction of sp³-hybridized carbons (Fsp3) is 0.250. The highest BCUT2D eigenvalue weighted by molar-refractivity contribution is 7.98. The largest absolute Gasteiger partial charge is 0.573 e. The summed E-state index contributed by atoms with van der Waals surface area (Å²) in [6.07, 6.45) is -4.81. The minimum Gasteiger partial charge on any atom is -0.405 e. The van der Waals surface area contributed by atoms with Gasteiger partial charge in [-0.1, -0.05) is 35.5 Å². The summed E-state index contributed by atoms with van der Waals surface area (Å²) in [7, 11) is 1.52. The van der Waals surface area contributed by atoms with Crippen LogP contribution < -0.4 is 4.74 Å². The molecule has 0 aliphatic heterocycles. The SMILES string of the molecule is Cc1nc(CSc2ccccc2C(=O)N(C)Cc2ccccc2OC(F)(F)F)no1. The molecule has 0 radical (unpaired) electrons. The van der Waals surface area contributed by atoms with Gasteiger partial charge in [0.1, 0.15) is 5.75 Å². The molecule has 0 fully saturated rings. The lowest BCUT2D eigenvalue weighted by molar-refractivity contribution is -0.275. The number of benzene rings is 2. The molecule has 158 valence electrons. The van der Waals surface area contributed by atoms with E-state index in [1.807, 2.05) is 0 Å². The normalized spacial score (nSPS) is 11.4. The van der Waals surface area contributed by atoms with Crippen molar-refractivity contribution in [1.82, 2.24) is 15.0 Å². The van der Waals surface area contributed by atoms with Gasteiger partial charge in [0.25, 0.3) is 5.91 Å². The Balaban J connectivity index is 1.74. The van der Waals surface area contributed by atoms with Crippen molar-refractivity contribution in [3.05, 3.63) is 71.4 Å². The number of carbonyl (C=O) groups is 1. The molecule has 0 N–H and O–H groups in total. The van der Waals surface area contributed by atoms with Crippen molar-refractivity contribution in [3.63, 3.8) is 0 Å². The lowest BCUT2D eigenvalue weighted by atomic mass is 10.1. The van der Waals surface area contributed by atoms with Crippen LogP contribution in [0.15, 0.2) is 57.9 Å². The number of hydrogen-bond acceptors (Lipinski definition) is 6. The van der Waals surface area contributed by atoms with Gasteiger partial charge in [-0.3, -0.25) is 4.79 Å². The highest BCUT2D eigenvalue weighted by atomic mass is 32.2. The number of aromatic nitrogens is 2. The third-order valence-electron chi connectivity index (χ3n) is 4.00. The van der Waals surface area contributed by atoms with E-state index < -0.39 is 6.36 Å². The van der Waals surface area contributed by atoms with Gasteiger partial charge < -0.3 is 14.2 Å². The van der Waals surface area contributed by atoms with Crippen molar-refractivity contribution in [2.24, 2.45) is 0 Å². The molecule has 0 saturated carbocycles. The Morgan fingerprint density at radius 1 is 1.17 bits per heavy atom. The van der Waals surface area contributed by atoms with Crippen LogP contribution in [-0.4, -0.2) is 34.4 Å². The number of halogens is 3. The van der Waals surface area contributed by atoms with Crippen molar-refractivity contribution < 1.29 is 27.2 Å². The van der Waals surface area contributed by atoms with Gasteiger partial charge >= 0.3 is 6.36 Å². The molecule has 0 unspecified atom stereocenters. The Hall–Kier alpha value is -3.01. The fourth-order valence-corrected chi connectivity index (χ4v) is 3.59. The summed E-state index contributed by atoms with van der Waals surface area (Å²) in [6, 6.07) is 12.7. The van der Waals surface area contributed by atoms with E-state index in [4.69, 9.17) is 4.52 Å². The summed E-state index contributed by atoms with van der Waals surface area (Å²) >= 11 is 1.37. The van der Waals surface area contributed by atoms with Crippen LogP contribution in [0.25, 0.3) is 0 Å². The third kappa shape index (κ3) is 5.76. The molecule has 0 aliphatic rings. The monoisotopic (exact) mass is 437 g/mol. The summed E-state index contributed by atoms with van der Waals surface area (Å²) in [4.78, 5) is 19.2. The van der Waals surface area contributed by atoms with Gasteiger partial charge in [-0.2, -0.15) is 4.98 Å². The van der Waals surface area contributed by atoms with Gasteiger partial charge in [0.05, 0.1) is 11.3 Å². The molecule has 0 saturated heterocycles. The molecule has 1 aromatic heterocycles. The molecule has 1 amide bonds. The first-order chi connectivity index (χ1) is 14.2. The molecule has 6 nitrogen and oxygen atoms in total. The number of alkyl halides is 3. The van der Waals surface area contributed by atoms with Crippen molar-refractivity contribution in [2.45, 2.75) is 30.5 Å². The van der Waals surface area contributed by atoms with Crippen LogP contribution in [0.2, 0.25) is 0 Å². The zero-order chi connectivity index (χ0) is 21.7. The number of nitrogens with zero attached hydrogens (tertiary/aromatic N) is 3. The summed E-state index contributed by atoms with van der Waals surface area (Å²) < 4.78 is 46.9. The maximum absolute atomic E-state index is 13.0. The van der Waals surface area contributed by atoms with E-state index in [9.17, 15) is 18.0 Å². The first-order valence-corrected chi connectivity index (χ1v) is 9.81. The van der Waals surface area contributed by atoms with E-state index >= 15 is 0 Å². The van der Waals surface area contributed by atoms with Gasteiger partial charge in [-0.25, -0.2) is 0 Å². The Labute approximate surface area is 175 Å². The molecule has 2 aromatic carbocycles. The highest BCUT2D eigenvalue weighted by Crippen LogP contribution is 2.29. The minimum absolute atomic E-state index is 0.0475. The highest BCUT2D eigenvalue weighted by Gasteiger charge is 2.32. The van der Waals surface area contributed by atoms with Crippen molar-refractivity contribution in [2.75, 3.05) is 7.05 Å². The van der Waals surface area contributed by atoms with Gasteiger partial charge in [-0.05, 0) is 18.2 Å². The molecular weight excluding hydrogens is 419 g/mol. The Morgan fingerprint density at radius 3 is 2.57 bits per heavy atom. The molecular formula is C20H18F3N3O3S. The molecule has 10 heteroatoms. The molecule has 0 atom stereocenters. The van der Waals surface area contributed by atoms with Gasteiger partial charge in [-0.15, -0.1) is 24.9 Å². The van der Waals surface area contributed by atoms with Crippen LogP contribution in [0, 0.1) is 6.92 Å². The summed E-state index contributed by atoms with van der Waals surface area (Å²) in [5.74, 6) is 0.706. The van der Waals surface area contributed by atoms with E-state index in [1.165, 1.54) is 41.9 Å².